The van der Waals surface area contributed by atoms with E-state index in [0.29, 0.717) is 17.7 Å². The quantitative estimate of drug-likeness (QED) is 0.868. The number of hydrogen-bond acceptors (Lipinski definition) is 5. The summed E-state index contributed by atoms with van der Waals surface area (Å²) in [5.74, 6) is 3.29. The van der Waals surface area contributed by atoms with Gasteiger partial charge in [-0.2, -0.15) is 0 Å². The van der Waals surface area contributed by atoms with E-state index < -0.39 is 0 Å². The van der Waals surface area contributed by atoms with Crippen molar-refractivity contribution in [3.63, 3.8) is 0 Å². The minimum absolute atomic E-state index is 0.293. The van der Waals surface area contributed by atoms with E-state index >= 15 is 0 Å². The highest BCUT2D eigenvalue weighted by Gasteiger charge is 2.20. The number of nitrogens with zero attached hydrogens (tertiary/aromatic N) is 3. The molecule has 2 rings (SSSR count). The summed E-state index contributed by atoms with van der Waals surface area (Å²) in [5, 5.41) is 3.45. The topological polar surface area (TPSA) is 67.1 Å². The molecule has 0 saturated carbocycles. The second-order valence-electron chi connectivity index (χ2n) is 5.89. The largest absolute Gasteiger partial charge is 0.383 e. The second kappa shape index (κ2) is 5.74. The number of nitrogen functional groups attached to an aromatic ring is 1. The van der Waals surface area contributed by atoms with Crippen LogP contribution in [0.25, 0.3) is 0 Å². The molecule has 0 bridgehead atoms. The number of rotatable bonds is 4. The van der Waals surface area contributed by atoms with Crippen LogP contribution in [0.5, 0.6) is 0 Å². The highest BCUT2D eigenvalue weighted by molar-refractivity contribution is 5.55. The molecule has 2 heterocycles. The van der Waals surface area contributed by atoms with Gasteiger partial charge in [0.2, 0.25) is 0 Å². The number of likely N-dealkylation sites (tertiary alicyclic amines) is 1. The van der Waals surface area contributed by atoms with Crippen LogP contribution in [0, 0.1) is 12.8 Å². The van der Waals surface area contributed by atoms with Gasteiger partial charge >= 0.3 is 0 Å². The Hall–Kier alpha value is -1.36. The van der Waals surface area contributed by atoms with Crippen molar-refractivity contribution in [3.05, 3.63) is 11.4 Å². The van der Waals surface area contributed by atoms with Crippen molar-refractivity contribution in [2.45, 2.75) is 33.1 Å². The highest BCUT2D eigenvalue weighted by atomic mass is 15.1. The first kappa shape index (κ1) is 14.1. The van der Waals surface area contributed by atoms with Crippen LogP contribution in [0.15, 0.2) is 0 Å². The number of anilines is 2. The Balaban J connectivity index is 2.06. The highest BCUT2D eigenvalue weighted by Crippen LogP contribution is 2.22. The third kappa shape index (κ3) is 3.35. The van der Waals surface area contributed by atoms with Crippen LogP contribution in [0.3, 0.4) is 0 Å². The van der Waals surface area contributed by atoms with Crippen molar-refractivity contribution in [1.29, 1.82) is 0 Å². The van der Waals surface area contributed by atoms with Crippen LogP contribution in [-0.2, 0) is 0 Å². The van der Waals surface area contributed by atoms with Gasteiger partial charge in [0.15, 0.2) is 0 Å². The zero-order chi connectivity index (χ0) is 14.0. The molecule has 1 unspecified atom stereocenters. The minimum Gasteiger partial charge on any atom is -0.383 e. The minimum atomic E-state index is 0.293. The van der Waals surface area contributed by atoms with Gasteiger partial charge in [0.1, 0.15) is 17.5 Å². The molecule has 19 heavy (non-hydrogen) atoms. The van der Waals surface area contributed by atoms with Crippen molar-refractivity contribution in [2.75, 3.05) is 37.7 Å². The van der Waals surface area contributed by atoms with Gasteiger partial charge in [-0.1, -0.05) is 13.8 Å². The van der Waals surface area contributed by atoms with Crippen molar-refractivity contribution in [3.8, 4) is 0 Å². The molecule has 1 aromatic rings. The maximum absolute atomic E-state index is 5.97. The zero-order valence-corrected chi connectivity index (χ0v) is 12.4. The Labute approximate surface area is 115 Å². The van der Waals surface area contributed by atoms with Crippen molar-refractivity contribution in [1.82, 2.24) is 14.9 Å². The van der Waals surface area contributed by atoms with Gasteiger partial charge in [-0.25, -0.2) is 9.97 Å². The summed E-state index contributed by atoms with van der Waals surface area (Å²) >= 11 is 0. The fraction of sp³-hybridized carbons (Fsp3) is 0.714. The summed E-state index contributed by atoms with van der Waals surface area (Å²) < 4.78 is 0. The summed E-state index contributed by atoms with van der Waals surface area (Å²) in [6.07, 6.45) is 1.25. The van der Waals surface area contributed by atoms with Crippen LogP contribution < -0.4 is 11.1 Å². The summed E-state index contributed by atoms with van der Waals surface area (Å²) in [4.78, 5) is 11.3. The smallest absolute Gasteiger partial charge is 0.135 e. The molecule has 1 aliphatic heterocycles. The molecule has 0 spiro atoms. The molecule has 0 radical (unpaired) electrons. The third-order valence-corrected chi connectivity index (χ3v) is 3.76. The molecular formula is C14H25N5. The SMILES string of the molecule is Cc1c(N)nc(C(C)C)nc1NCC1CCN(C)C1. The van der Waals surface area contributed by atoms with Gasteiger partial charge in [-0.15, -0.1) is 0 Å². The molecule has 1 aromatic heterocycles. The van der Waals surface area contributed by atoms with E-state index in [-0.39, 0.29) is 0 Å². The lowest BCUT2D eigenvalue weighted by Crippen LogP contribution is -2.20. The summed E-state index contributed by atoms with van der Waals surface area (Å²) in [7, 11) is 2.17. The summed E-state index contributed by atoms with van der Waals surface area (Å²) in [6, 6.07) is 0. The van der Waals surface area contributed by atoms with Gasteiger partial charge in [0, 0.05) is 24.6 Å². The van der Waals surface area contributed by atoms with Gasteiger partial charge < -0.3 is 16.0 Å². The average molecular weight is 263 g/mol. The Morgan fingerprint density at radius 3 is 2.74 bits per heavy atom. The van der Waals surface area contributed by atoms with E-state index in [4.69, 9.17) is 5.73 Å². The molecule has 1 aliphatic rings. The van der Waals surface area contributed by atoms with E-state index in [2.05, 4.69) is 41.1 Å². The Bertz CT molecular complexity index is 444. The van der Waals surface area contributed by atoms with E-state index in [1.54, 1.807) is 0 Å². The molecule has 5 heteroatoms. The molecule has 5 nitrogen and oxygen atoms in total. The summed E-state index contributed by atoms with van der Waals surface area (Å²) in [5.41, 5.74) is 6.92. The third-order valence-electron chi connectivity index (χ3n) is 3.76. The zero-order valence-electron chi connectivity index (χ0n) is 12.4. The molecule has 1 atom stereocenters. The first-order valence-electron chi connectivity index (χ1n) is 7.03. The van der Waals surface area contributed by atoms with Crippen molar-refractivity contribution in [2.24, 2.45) is 5.92 Å². The Morgan fingerprint density at radius 2 is 2.16 bits per heavy atom. The van der Waals surface area contributed by atoms with Crippen LogP contribution in [0.1, 0.15) is 37.6 Å². The second-order valence-corrected chi connectivity index (χ2v) is 5.89. The number of nitrogens with one attached hydrogen (secondary N) is 1. The first-order chi connectivity index (χ1) is 8.97. The Morgan fingerprint density at radius 1 is 1.42 bits per heavy atom. The van der Waals surface area contributed by atoms with Crippen molar-refractivity contribution >= 4 is 11.6 Å². The van der Waals surface area contributed by atoms with Gasteiger partial charge in [0.25, 0.3) is 0 Å². The lowest BCUT2D eigenvalue weighted by atomic mass is 10.1. The lowest BCUT2D eigenvalue weighted by molar-refractivity contribution is 0.399. The van der Waals surface area contributed by atoms with E-state index in [1.165, 1.54) is 13.0 Å². The molecule has 0 amide bonds. The van der Waals surface area contributed by atoms with Crippen LogP contribution >= 0.6 is 0 Å². The molecule has 0 aromatic carbocycles. The van der Waals surface area contributed by atoms with Gasteiger partial charge in [-0.3, -0.25) is 0 Å². The van der Waals surface area contributed by atoms with E-state index in [1.807, 2.05) is 6.92 Å². The monoisotopic (exact) mass is 263 g/mol. The maximum atomic E-state index is 5.97. The molecule has 106 valence electrons. The molecule has 1 saturated heterocycles. The van der Waals surface area contributed by atoms with E-state index in [9.17, 15) is 0 Å². The lowest BCUT2D eigenvalue weighted by Gasteiger charge is -2.16. The maximum Gasteiger partial charge on any atom is 0.135 e. The standard InChI is InChI=1S/C14H25N5/c1-9(2)13-17-12(15)10(3)14(18-13)16-7-11-5-6-19(4)8-11/h9,11H,5-8H2,1-4H3,(H3,15,16,17,18). The number of nitrogens with two attached hydrogens (primary N) is 1. The first-order valence-corrected chi connectivity index (χ1v) is 7.03. The number of aromatic nitrogens is 2. The molecular weight excluding hydrogens is 238 g/mol. The van der Waals surface area contributed by atoms with Crippen molar-refractivity contribution < 1.29 is 0 Å². The molecule has 1 fully saturated rings. The van der Waals surface area contributed by atoms with Crippen LogP contribution in [-0.4, -0.2) is 41.5 Å². The average Bonchev–Trinajstić information content (AvgIpc) is 2.76. The van der Waals surface area contributed by atoms with Gasteiger partial charge in [0.05, 0.1) is 0 Å². The fourth-order valence-corrected chi connectivity index (χ4v) is 2.42. The number of hydrogen-bond donors (Lipinski definition) is 2. The van der Waals surface area contributed by atoms with Crippen LogP contribution in [0.2, 0.25) is 0 Å². The fourth-order valence-electron chi connectivity index (χ4n) is 2.42. The Kier molecular flexibility index (Phi) is 4.24. The predicted octanol–water partition coefficient (Wildman–Crippen LogP) is 1.85. The molecule has 3 N–H and O–H groups in total. The predicted molar refractivity (Wildman–Crippen MR) is 79.4 cm³/mol. The molecule has 0 aliphatic carbocycles. The summed E-state index contributed by atoms with van der Waals surface area (Å²) in [6.45, 7) is 9.44. The van der Waals surface area contributed by atoms with E-state index in [0.717, 1.165) is 30.3 Å². The van der Waals surface area contributed by atoms with Gasteiger partial charge in [-0.05, 0) is 32.9 Å². The van der Waals surface area contributed by atoms with Crippen LogP contribution in [0.4, 0.5) is 11.6 Å². The normalized spacial score (nSPS) is 20.2.